The molecule has 0 aliphatic carbocycles. The monoisotopic (exact) mass is 325 g/mol. The van der Waals surface area contributed by atoms with Crippen molar-refractivity contribution >= 4 is 15.9 Å². The molecule has 0 aliphatic heterocycles. The highest BCUT2D eigenvalue weighted by Crippen LogP contribution is 2.14. The first-order valence-corrected chi connectivity index (χ1v) is 6.76. The van der Waals surface area contributed by atoms with E-state index in [0.29, 0.717) is 18.1 Å². The first-order valence-electron chi connectivity index (χ1n) is 5.97. The molecule has 1 aromatic heterocycles. The van der Waals surface area contributed by atoms with Gasteiger partial charge >= 0.3 is 0 Å². The van der Waals surface area contributed by atoms with Crippen molar-refractivity contribution in [2.45, 2.75) is 25.4 Å². The molecule has 0 radical (unpaired) electrons. The summed E-state index contributed by atoms with van der Waals surface area (Å²) in [6.07, 6.45) is 0.860. The van der Waals surface area contributed by atoms with E-state index in [1.54, 1.807) is 6.92 Å². The van der Waals surface area contributed by atoms with Crippen molar-refractivity contribution in [2.24, 2.45) is 5.73 Å². The third-order valence-corrected chi connectivity index (χ3v) is 3.29. The van der Waals surface area contributed by atoms with Gasteiger partial charge in [0.1, 0.15) is 0 Å². The second-order valence-electron chi connectivity index (χ2n) is 4.79. The van der Waals surface area contributed by atoms with Crippen molar-refractivity contribution < 1.29 is 9.63 Å². The predicted octanol–water partition coefficient (Wildman–Crippen LogP) is 1.68. The molecule has 1 atom stereocenters. The smallest absolute Gasteiger partial charge is 0.229 e. The van der Waals surface area contributed by atoms with Crippen LogP contribution in [0.5, 0.6) is 0 Å². The lowest BCUT2D eigenvalue weighted by atomic mass is 10.0. The summed E-state index contributed by atoms with van der Waals surface area (Å²) >= 11 is 3.39. The number of rotatable bonds is 5. The predicted molar refractivity (Wildman–Crippen MR) is 74.6 cm³/mol. The van der Waals surface area contributed by atoms with E-state index in [1.807, 2.05) is 24.3 Å². The minimum absolute atomic E-state index is 0.150. The molecule has 2 aromatic rings. The molecule has 0 spiro atoms. The molecule has 0 aliphatic rings. The van der Waals surface area contributed by atoms with Gasteiger partial charge in [-0.25, -0.2) is 0 Å². The van der Waals surface area contributed by atoms with Crippen LogP contribution >= 0.6 is 15.9 Å². The van der Waals surface area contributed by atoms with E-state index < -0.39 is 5.60 Å². The van der Waals surface area contributed by atoms with Gasteiger partial charge in [0.05, 0.1) is 12.0 Å². The number of aromatic nitrogens is 2. The summed E-state index contributed by atoms with van der Waals surface area (Å²) in [5, 5.41) is 13.8. The molecule has 0 saturated carbocycles. The second kappa shape index (κ2) is 5.81. The van der Waals surface area contributed by atoms with Crippen LogP contribution in [0.4, 0.5) is 0 Å². The number of halogens is 1. The van der Waals surface area contributed by atoms with E-state index in [1.165, 1.54) is 0 Å². The molecule has 6 heteroatoms. The number of hydrogen-bond donors (Lipinski definition) is 2. The number of nitrogens with two attached hydrogens (primary N) is 1. The van der Waals surface area contributed by atoms with Crippen molar-refractivity contribution in [1.29, 1.82) is 0 Å². The van der Waals surface area contributed by atoms with Crippen LogP contribution < -0.4 is 5.73 Å². The van der Waals surface area contributed by atoms with Crippen LogP contribution in [0.1, 0.15) is 24.2 Å². The average Bonchev–Trinajstić information content (AvgIpc) is 2.79. The molecule has 5 nitrogen and oxygen atoms in total. The molecule has 3 N–H and O–H groups in total. The fraction of sp³-hybridized carbons (Fsp3) is 0.385. The number of benzene rings is 1. The molecule has 0 saturated heterocycles. The van der Waals surface area contributed by atoms with Gasteiger partial charge in [-0.1, -0.05) is 33.2 Å². The quantitative estimate of drug-likeness (QED) is 0.873. The van der Waals surface area contributed by atoms with Gasteiger partial charge in [-0.3, -0.25) is 0 Å². The van der Waals surface area contributed by atoms with Crippen LogP contribution in [0.15, 0.2) is 33.3 Å². The Hall–Kier alpha value is -1.24. The van der Waals surface area contributed by atoms with E-state index in [-0.39, 0.29) is 13.0 Å². The zero-order valence-corrected chi connectivity index (χ0v) is 12.2. The molecule has 1 heterocycles. The number of nitrogens with zero attached hydrogens (tertiary/aromatic N) is 2. The zero-order valence-electron chi connectivity index (χ0n) is 10.6. The summed E-state index contributed by atoms with van der Waals surface area (Å²) in [4.78, 5) is 4.26. The fourth-order valence-corrected chi connectivity index (χ4v) is 1.88. The Morgan fingerprint density at radius 1 is 1.37 bits per heavy atom. The van der Waals surface area contributed by atoms with Gasteiger partial charge in [-0.15, -0.1) is 0 Å². The normalized spacial score (nSPS) is 14.3. The van der Waals surface area contributed by atoms with E-state index in [9.17, 15) is 5.11 Å². The van der Waals surface area contributed by atoms with E-state index in [0.717, 1.165) is 10.0 Å². The molecular weight excluding hydrogens is 310 g/mol. The van der Waals surface area contributed by atoms with E-state index in [4.69, 9.17) is 10.3 Å². The van der Waals surface area contributed by atoms with Crippen molar-refractivity contribution in [1.82, 2.24) is 10.1 Å². The zero-order chi connectivity index (χ0) is 13.9. The minimum atomic E-state index is -1.01. The summed E-state index contributed by atoms with van der Waals surface area (Å²) < 4.78 is 6.14. The Kier molecular flexibility index (Phi) is 4.34. The highest BCUT2D eigenvalue weighted by atomic mass is 79.9. The highest BCUT2D eigenvalue weighted by molar-refractivity contribution is 9.10. The molecule has 2 rings (SSSR count). The molecule has 0 amide bonds. The van der Waals surface area contributed by atoms with Gasteiger partial charge in [0.2, 0.25) is 5.89 Å². The minimum Gasteiger partial charge on any atom is -0.388 e. The van der Waals surface area contributed by atoms with Gasteiger partial charge in [-0.2, -0.15) is 4.98 Å². The van der Waals surface area contributed by atoms with E-state index >= 15 is 0 Å². The molecule has 19 heavy (non-hydrogen) atoms. The summed E-state index contributed by atoms with van der Waals surface area (Å²) in [6.45, 7) is 1.79. The average molecular weight is 326 g/mol. The van der Waals surface area contributed by atoms with Crippen LogP contribution in [0.3, 0.4) is 0 Å². The Morgan fingerprint density at radius 2 is 2.05 bits per heavy atom. The maximum Gasteiger partial charge on any atom is 0.229 e. The summed E-state index contributed by atoms with van der Waals surface area (Å²) in [5.41, 5.74) is 5.54. The van der Waals surface area contributed by atoms with Crippen LogP contribution in [-0.4, -0.2) is 27.4 Å². The third-order valence-electron chi connectivity index (χ3n) is 2.76. The van der Waals surface area contributed by atoms with Gasteiger partial charge in [0.15, 0.2) is 5.82 Å². The van der Waals surface area contributed by atoms with Crippen LogP contribution in [0.25, 0.3) is 0 Å². The second-order valence-corrected chi connectivity index (χ2v) is 5.70. The molecule has 0 bridgehead atoms. The summed E-state index contributed by atoms with van der Waals surface area (Å²) in [7, 11) is 0. The molecule has 102 valence electrons. The first-order chi connectivity index (χ1) is 8.98. The lowest BCUT2D eigenvalue weighted by molar-refractivity contribution is 0.0610. The lowest BCUT2D eigenvalue weighted by Crippen LogP contribution is -2.36. The molecular formula is C13H16BrN3O2. The van der Waals surface area contributed by atoms with Crippen molar-refractivity contribution in [3.05, 3.63) is 46.0 Å². The van der Waals surface area contributed by atoms with Gasteiger partial charge in [-0.05, 0) is 24.6 Å². The van der Waals surface area contributed by atoms with Gasteiger partial charge in [0.25, 0.3) is 0 Å². The highest BCUT2D eigenvalue weighted by Gasteiger charge is 2.22. The number of aliphatic hydroxyl groups is 1. The molecule has 0 fully saturated rings. The van der Waals surface area contributed by atoms with Crippen LogP contribution in [-0.2, 0) is 12.8 Å². The summed E-state index contributed by atoms with van der Waals surface area (Å²) in [6, 6.07) is 7.93. The topological polar surface area (TPSA) is 85.2 Å². The maximum absolute atomic E-state index is 9.85. The maximum atomic E-state index is 9.85. The Morgan fingerprint density at radius 3 is 2.68 bits per heavy atom. The van der Waals surface area contributed by atoms with Crippen LogP contribution in [0.2, 0.25) is 0 Å². The van der Waals surface area contributed by atoms with Gasteiger partial charge in [0, 0.05) is 17.4 Å². The lowest BCUT2D eigenvalue weighted by Gasteiger charge is -2.17. The third kappa shape index (κ3) is 4.12. The Labute approximate surface area is 119 Å². The first kappa shape index (κ1) is 14.2. The SMILES string of the molecule is CC(O)(CN)Cc1nc(Cc2ccc(Br)cc2)no1. The van der Waals surface area contributed by atoms with E-state index in [2.05, 4.69) is 26.1 Å². The standard InChI is InChI=1S/C13H16BrN3O2/c1-13(18,8-15)7-12-16-11(17-19-12)6-9-2-4-10(14)5-3-9/h2-5,18H,6-8,15H2,1H3. The Balaban J connectivity index is 2.03. The molecule has 1 unspecified atom stereocenters. The molecule has 1 aromatic carbocycles. The van der Waals surface area contributed by atoms with Crippen molar-refractivity contribution in [2.75, 3.05) is 6.54 Å². The largest absolute Gasteiger partial charge is 0.388 e. The van der Waals surface area contributed by atoms with Crippen LogP contribution in [0, 0.1) is 0 Å². The number of hydrogen-bond acceptors (Lipinski definition) is 5. The van der Waals surface area contributed by atoms with Gasteiger partial charge < -0.3 is 15.4 Å². The van der Waals surface area contributed by atoms with Crippen molar-refractivity contribution in [3.63, 3.8) is 0 Å². The van der Waals surface area contributed by atoms with Crippen molar-refractivity contribution in [3.8, 4) is 0 Å². The Bertz CT molecular complexity index is 537. The summed E-state index contributed by atoms with van der Waals surface area (Å²) in [5.74, 6) is 1.01. The fourth-order valence-electron chi connectivity index (χ4n) is 1.62.